The Morgan fingerprint density at radius 2 is 2.19 bits per heavy atom. The molecular formula is C11H20BrN3S. The van der Waals surface area contributed by atoms with Crippen molar-refractivity contribution in [2.24, 2.45) is 5.73 Å². The zero-order valence-electron chi connectivity index (χ0n) is 10.2. The summed E-state index contributed by atoms with van der Waals surface area (Å²) < 4.78 is 3.20. The van der Waals surface area contributed by atoms with Crippen molar-refractivity contribution in [3.63, 3.8) is 0 Å². The first-order valence-corrected chi connectivity index (χ1v) is 7.60. The van der Waals surface area contributed by atoms with Gasteiger partial charge in [0.15, 0.2) is 0 Å². The van der Waals surface area contributed by atoms with Gasteiger partial charge in [0.25, 0.3) is 0 Å². The summed E-state index contributed by atoms with van der Waals surface area (Å²) >= 11 is 5.48. The summed E-state index contributed by atoms with van der Waals surface area (Å²) in [7, 11) is 0. The lowest BCUT2D eigenvalue weighted by atomic mass is 10.3. The summed E-state index contributed by atoms with van der Waals surface area (Å²) in [6, 6.07) is 0.308. The van der Waals surface area contributed by atoms with Crippen molar-refractivity contribution in [2.45, 2.75) is 45.5 Å². The highest BCUT2D eigenvalue weighted by molar-refractivity contribution is 9.10. The van der Waals surface area contributed by atoms with E-state index in [-0.39, 0.29) is 0 Å². The molecule has 1 aromatic heterocycles. The predicted octanol–water partition coefficient (Wildman–Crippen LogP) is 2.94. The Labute approximate surface area is 110 Å². The van der Waals surface area contributed by atoms with Crippen LogP contribution < -0.4 is 5.73 Å². The van der Waals surface area contributed by atoms with E-state index in [2.05, 4.69) is 39.6 Å². The van der Waals surface area contributed by atoms with Gasteiger partial charge in [0, 0.05) is 24.1 Å². The van der Waals surface area contributed by atoms with Crippen LogP contribution in [0.2, 0.25) is 0 Å². The van der Waals surface area contributed by atoms with Gasteiger partial charge in [0.05, 0.1) is 15.9 Å². The monoisotopic (exact) mass is 305 g/mol. The number of nitrogens with zero attached hydrogens (tertiary/aromatic N) is 2. The lowest BCUT2D eigenvalue weighted by molar-refractivity contribution is 0.631. The third-order valence-corrected chi connectivity index (χ3v) is 4.72. The van der Waals surface area contributed by atoms with Gasteiger partial charge < -0.3 is 5.73 Å². The molecule has 0 aliphatic carbocycles. The Morgan fingerprint density at radius 3 is 2.75 bits per heavy atom. The Hall–Kier alpha value is 0. The molecule has 2 N–H and O–H groups in total. The average Bonchev–Trinajstić information content (AvgIpc) is 2.56. The highest BCUT2D eigenvalue weighted by atomic mass is 79.9. The Bertz CT molecular complexity index is 338. The number of hydrogen-bond donors (Lipinski definition) is 1. The van der Waals surface area contributed by atoms with Crippen molar-refractivity contribution < 1.29 is 0 Å². The number of nitrogens with two attached hydrogens (primary N) is 1. The molecule has 16 heavy (non-hydrogen) atoms. The van der Waals surface area contributed by atoms with Crippen LogP contribution >= 0.6 is 27.7 Å². The molecule has 1 heterocycles. The molecule has 0 bridgehead atoms. The van der Waals surface area contributed by atoms with Crippen molar-refractivity contribution in [1.29, 1.82) is 0 Å². The molecule has 0 saturated heterocycles. The van der Waals surface area contributed by atoms with E-state index in [9.17, 15) is 0 Å². The zero-order valence-corrected chi connectivity index (χ0v) is 12.6. The molecule has 1 atom stereocenters. The molecule has 0 aliphatic heterocycles. The van der Waals surface area contributed by atoms with Crippen molar-refractivity contribution in [2.75, 3.05) is 5.75 Å². The summed E-state index contributed by atoms with van der Waals surface area (Å²) in [6.45, 7) is 7.19. The van der Waals surface area contributed by atoms with E-state index >= 15 is 0 Å². The number of halogens is 1. The number of aromatic nitrogens is 2. The molecule has 0 aliphatic rings. The molecule has 0 aromatic carbocycles. The first-order chi connectivity index (χ1) is 7.60. The van der Waals surface area contributed by atoms with Crippen molar-refractivity contribution >= 4 is 27.7 Å². The molecule has 0 fully saturated rings. The third kappa shape index (κ3) is 3.50. The minimum Gasteiger partial charge on any atom is -0.327 e. The van der Waals surface area contributed by atoms with Gasteiger partial charge in [-0.15, -0.1) is 0 Å². The highest BCUT2D eigenvalue weighted by Crippen LogP contribution is 2.25. The van der Waals surface area contributed by atoms with Gasteiger partial charge in [-0.2, -0.15) is 16.9 Å². The molecule has 3 nitrogen and oxygen atoms in total. The molecule has 5 heteroatoms. The molecule has 0 saturated carbocycles. The van der Waals surface area contributed by atoms with Crippen LogP contribution in [0.15, 0.2) is 4.47 Å². The van der Waals surface area contributed by atoms with Crippen LogP contribution in [0, 0.1) is 6.92 Å². The Kier molecular flexibility index (Phi) is 5.86. The SMILES string of the molecule is CCC(N)CSCc1c(Br)c(C)nn1CC. The largest absolute Gasteiger partial charge is 0.327 e. The van der Waals surface area contributed by atoms with Crippen LogP contribution in [-0.2, 0) is 12.3 Å². The summed E-state index contributed by atoms with van der Waals surface area (Å²) in [5.41, 5.74) is 8.23. The maximum Gasteiger partial charge on any atom is 0.0739 e. The first kappa shape index (κ1) is 14.1. The van der Waals surface area contributed by atoms with E-state index in [1.165, 1.54) is 5.69 Å². The molecule has 92 valence electrons. The average molecular weight is 306 g/mol. The lowest BCUT2D eigenvalue weighted by Crippen LogP contribution is -2.21. The fourth-order valence-electron chi connectivity index (χ4n) is 1.43. The lowest BCUT2D eigenvalue weighted by Gasteiger charge is -2.09. The normalized spacial score (nSPS) is 13.1. The zero-order chi connectivity index (χ0) is 12.1. The van der Waals surface area contributed by atoms with Gasteiger partial charge in [-0.05, 0) is 36.2 Å². The van der Waals surface area contributed by atoms with Crippen LogP contribution in [-0.4, -0.2) is 21.6 Å². The van der Waals surface area contributed by atoms with Crippen LogP contribution in [0.4, 0.5) is 0 Å². The minimum atomic E-state index is 0.308. The van der Waals surface area contributed by atoms with Crippen molar-refractivity contribution in [1.82, 2.24) is 9.78 Å². The number of aryl methyl sites for hydroxylation is 2. The van der Waals surface area contributed by atoms with E-state index in [0.29, 0.717) is 6.04 Å². The van der Waals surface area contributed by atoms with E-state index in [0.717, 1.165) is 34.6 Å². The second-order valence-corrected chi connectivity index (χ2v) is 5.67. The van der Waals surface area contributed by atoms with E-state index < -0.39 is 0 Å². The van der Waals surface area contributed by atoms with Crippen LogP contribution in [0.25, 0.3) is 0 Å². The molecule has 0 spiro atoms. The van der Waals surface area contributed by atoms with Gasteiger partial charge in [0.2, 0.25) is 0 Å². The number of rotatable bonds is 6. The molecule has 1 rings (SSSR count). The quantitative estimate of drug-likeness (QED) is 0.879. The van der Waals surface area contributed by atoms with Crippen LogP contribution in [0.3, 0.4) is 0 Å². The molecule has 1 unspecified atom stereocenters. The van der Waals surface area contributed by atoms with Crippen molar-refractivity contribution in [3.8, 4) is 0 Å². The minimum absolute atomic E-state index is 0.308. The van der Waals surface area contributed by atoms with E-state index in [1.54, 1.807) is 0 Å². The Morgan fingerprint density at radius 1 is 1.50 bits per heavy atom. The van der Waals surface area contributed by atoms with Gasteiger partial charge in [-0.1, -0.05) is 6.92 Å². The molecular weight excluding hydrogens is 286 g/mol. The molecule has 1 aromatic rings. The number of hydrogen-bond acceptors (Lipinski definition) is 3. The molecule has 0 amide bonds. The van der Waals surface area contributed by atoms with Gasteiger partial charge in [-0.3, -0.25) is 4.68 Å². The van der Waals surface area contributed by atoms with Gasteiger partial charge >= 0.3 is 0 Å². The smallest absolute Gasteiger partial charge is 0.0739 e. The molecule has 0 radical (unpaired) electrons. The maximum absolute atomic E-state index is 5.90. The Balaban J connectivity index is 2.59. The highest BCUT2D eigenvalue weighted by Gasteiger charge is 2.12. The standard InChI is InChI=1S/C11H20BrN3S/c1-4-9(13)6-16-7-10-11(12)8(3)14-15(10)5-2/h9H,4-7,13H2,1-3H3. The fraction of sp³-hybridized carbons (Fsp3) is 0.727. The third-order valence-electron chi connectivity index (χ3n) is 2.55. The van der Waals surface area contributed by atoms with E-state index in [1.807, 2.05) is 18.7 Å². The van der Waals surface area contributed by atoms with Gasteiger partial charge in [-0.25, -0.2) is 0 Å². The van der Waals surface area contributed by atoms with Crippen LogP contribution in [0.1, 0.15) is 31.7 Å². The second kappa shape index (κ2) is 6.67. The van der Waals surface area contributed by atoms with E-state index in [4.69, 9.17) is 5.73 Å². The maximum atomic E-state index is 5.90. The fourth-order valence-corrected chi connectivity index (χ4v) is 3.18. The second-order valence-electron chi connectivity index (χ2n) is 3.85. The number of thioether (sulfide) groups is 1. The topological polar surface area (TPSA) is 43.8 Å². The first-order valence-electron chi connectivity index (χ1n) is 5.65. The van der Waals surface area contributed by atoms with Crippen LogP contribution in [0.5, 0.6) is 0 Å². The van der Waals surface area contributed by atoms with Crippen molar-refractivity contribution in [3.05, 3.63) is 15.9 Å². The summed E-state index contributed by atoms with van der Waals surface area (Å²) in [4.78, 5) is 0. The summed E-state index contributed by atoms with van der Waals surface area (Å²) in [6.07, 6.45) is 1.04. The summed E-state index contributed by atoms with van der Waals surface area (Å²) in [5, 5.41) is 4.47. The summed E-state index contributed by atoms with van der Waals surface area (Å²) in [5.74, 6) is 1.99. The van der Waals surface area contributed by atoms with Gasteiger partial charge in [0.1, 0.15) is 0 Å². The predicted molar refractivity (Wildman–Crippen MR) is 74.8 cm³/mol.